The summed E-state index contributed by atoms with van der Waals surface area (Å²) >= 11 is 0. The minimum Gasteiger partial charge on any atom is -0.489 e. The molecule has 1 N–H and O–H groups in total. The highest BCUT2D eigenvalue weighted by Crippen LogP contribution is 2.22. The molecule has 0 heterocycles. The van der Waals surface area contributed by atoms with E-state index in [9.17, 15) is 9.50 Å². The second-order valence-corrected chi connectivity index (χ2v) is 5.07. The van der Waals surface area contributed by atoms with Crippen LogP contribution in [0.3, 0.4) is 0 Å². The summed E-state index contributed by atoms with van der Waals surface area (Å²) in [6.45, 7) is 6.04. The summed E-state index contributed by atoms with van der Waals surface area (Å²) in [5.41, 5.74) is 3.78. The van der Waals surface area contributed by atoms with E-state index in [4.69, 9.17) is 4.74 Å². The molecule has 1 atom stereocenters. The van der Waals surface area contributed by atoms with Crippen molar-refractivity contribution in [1.82, 2.24) is 0 Å². The molecule has 0 spiro atoms. The lowest BCUT2D eigenvalue weighted by molar-refractivity contribution is 0.194. The lowest BCUT2D eigenvalue weighted by Gasteiger charge is -2.11. The Morgan fingerprint density at radius 2 is 1.85 bits per heavy atom. The van der Waals surface area contributed by atoms with Crippen LogP contribution in [0.5, 0.6) is 5.75 Å². The molecule has 0 aliphatic rings. The van der Waals surface area contributed by atoms with Crippen molar-refractivity contribution in [2.24, 2.45) is 0 Å². The highest BCUT2D eigenvalue weighted by atomic mass is 19.1. The second-order valence-electron chi connectivity index (χ2n) is 5.07. The highest BCUT2D eigenvalue weighted by Gasteiger charge is 2.09. The largest absolute Gasteiger partial charge is 0.489 e. The first kappa shape index (κ1) is 14.5. The van der Waals surface area contributed by atoms with Crippen molar-refractivity contribution in [3.05, 3.63) is 64.5 Å². The van der Waals surface area contributed by atoms with E-state index in [0.717, 1.165) is 5.56 Å². The SMILES string of the molecule is Cc1ccc(COc2ccc(C(C)O)c(F)c2)cc1C. The molecule has 2 rings (SSSR count). The summed E-state index contributed by atoms with van der Waals surface area (Å²) in [6.07, 6.45) is -0.816. The number of hydrogen-bond acceptors (Lipinski definition) is 2. The van der Waals surface area contributed by atoms with Gasteiger partial charge >= 0.3 is 0 Å². The number of ether oxygens (including phenoxy) is 1. The molecule has 3 heteroatoms. The van der Waals surface area contributed by atoms with E-state index in [1.54, 1.807) is 12.1 Å². The van der Waals surface area contributed by atoms with E-state index in [1.165, 1.54) is 24.1 Å². The molecule has 2 aromatic rings. The van der Waals surface area contributed by atoms with Gasteiger partial charge in [0.15, 0.2) is 0 Å². The third-order valence-electron chi connectivity index (χ3n) is 3.40. The zero-order chi connectivity index (χ0) is 14.7. The first-order valence-electron chi connectivity index (χ1n) is 6.64. The van der Waals surface area contributed by atoms with Crippen molar-refractivity contribution in [2.75, 3.05) is 0 Å². The van der Waals surface area contributed by atoms with E-state index in [1.807, 2.05) is 12.1 Å². The Balaban J connectivity index is 2.07. The molecule has 0 amide bonds. The number of halogens is 1. The maximum atomic E-state index is 13.7. The standard InChI is InChI=1S/C17H19FO2/c1-11-4-5-14(8-12(11)2)10-20-15-6-7-16(13(3)19)17(18)9-15/h4-9,13,19H,10H2,1-3H3. The molecule has 0 aromatic heterocycles. The van der Waals surface area contributed by atoms with E-state index in [0.29, 0.717) is 12.4 Å². The zero-order valence-electron chi connectivity index (χ0n) is 12.0. The van der Waals surface area contributed by atoms with Gasteiger partial charge in [0.25, 0.3) is 0 Å². The smallest absolute Gasteiger partial charge is 0.132 e. The van der Waals surface area contributed by atoms with E-state index in [2.05, 4.69) is 19.9 Å². The fraction of sp³-hybridized carbons (Fsp3) is 0.294. The van der Waals surface area contributed by atoms with Crippen molar-refractivity contribution < 1.29 is 14.2 Å². The molecule has 1 unspecified atom stereocenters. The van der Waals surface area contributed by atoms with Crippen molar-refractivity contribution >= 4 is 0 Å². The predicted molar refractivity (Wildman–Crippen MR) is 77.3 cm³/mol. The number of aliphatic hydroxyl groups excluding tert-OH is 1. The molecule has 2 nitrogen and oxygen atoms in total. The summed E-state index contributed by atoms with van der Waals surface area (Å²) in [4.78, 5) is 0. The number of rotatable bonds is 4. The summed E-state index contributed by atoms with van der Waals surface area (Å²) in [7, 11) is 0. The summed E-state index contributed by atoms with van der Waals surface area (Å²) in [6, 6.07) is 10.6. The van der Waals surface area contributed by atoms with Crippen molar-refractivity contribution in [1.29, 1.82) is 0 Å². The molecule has 0 aliphatic carbocycles. The minimum absolute atomic E-state index is 0.281. The second kappa shape index (κ2) is 6.06. The third kappa shape index (κ3) is 3.36. The Labute approximate surface area is 118 Å². The van der Waals surface area contributed by atoms with Crippen LogP contribution < -0.4 is 4.74 Å². The van der Waals surface area contributed by atoms with E-state index < -0.39 is 11.9 Å². The lowest BCUT2D eigenvalue weighted by atomic mass is 10.1. The van der Waals surface area contributed by atoms with Crippen LogP contribution in [0, 0.1) is 19.7 Å². The Bertz CT molecular complexity index is 606. The molecule has 0 saturated carbocycles. The average Bonchev–Trinajstić information content (AvgIpc) is 2.40. The molecule has 20 heavy (non-hydrogen) atoms. The van der Waals surface area contributed by atoms with Gasteiger partial charge in [-0.2, -0.15) is 0 Å². The van der Waals surface area contributed by atoms with Gasteiger partial charge in [0.2, 0.25) is 0 Å². The minimum atomic E-state index is -0.816. The van der Waals surface area contributed by atoms with Gasteiger partial charge in [-0.3, -0.25) is 0 Å². The quantitative estimate of drug-likeness (QED) is 0.910. The Kier molecular flexibility index (Phi) is 4.40. The monoisotopic (exact) mass is 274 g/mol. The van der Waals surface area contributed by atoms with Crippen LogP contribution in [-0.4, -0.2) is 5.11 Å². The van der Waals surface area contributed by atoms with Crippen LogP contribution in [0.4, 0.5) is 4.39 Å². The van der Waals surface area contributed by atoms with Gasteiger partial charge in [0, 0.05) is 11.6 Å². The number of aryl methyl sites for hydroxylation is 2. The van der Waals surface area contributed by atoms with Crippen LogP contribution in [-0.2, 0) is 6.61 Å². The number of aliphatic hydroxyl groups is 1. The Morgan fingerprint density at radius 1 is 1.10 bits per heavy atom. The van der Waals surface area contributed by atoms with E-state index in [-0.39, 0.29) is 5.56 Å². The molecule has 106 valence electrons. The first-order chi connectivity index (χ1) is 9.47. The van der Waals surface area contributed by atoms with Crippen molar-refractivity contribution in [2.45, 2.75) is 33.5 Å². The maximum absolute atomic E-state index is 13.7. The summed E-state index contributed by atoms with van der Waals surface area (Å²) in [5.74, 6) is 0.0164. The first-order valence-corrected chi connectivity index (χ1v) is 6.64. The van der Waals surface area contributed by atoms with Gasteiger partial charge < -0.3 is 9.84 Å². The fourth-order valence-corrected chi connectivity index (χ4v) is 2.00. The van der Waals surface area contributed by atoms with Gasteiger partial charge in [-0.15, -0.1) is 0 Å². The van der Waals surface area contributed by atoms with E-state index >= 15 is 0 Å². The average molecular weight is 274 g/mol. The highest BCUT2D eigenvalue weighted by molar-refractivity contribution is 5.32. The molecule has 0 bridgehead atoms. The summed E-state index contributed by atoms with van der Waals surface area (Å²) < 4.78 is 19.3. The van der Waals surface area contributed by atoms with Gasteiger partial charge in [0.05, 0.1) is 6.10 Å². The fourth-order valence-electron chi connectivity index (χ4n) is 2.00. The van der Waals surface area contributed by atoms with Crippen molar-refractivity contribution in [3.63, 3.8) is 0 Å². The molecule has 0 radical (unpaired) electrons. The Hall–Kier alpha value is -1.87. The molecule has 0 fully saturated rings. The van der Waals surface area contributed by atoms with Crippen LogP contribution in [0.2, 0.25) is 0 Å². The third-order valence-corrected chi connectivity index (χ3v) is 3.40. The van der Waals surface area contributed by atoms with Gasteiger partial charge in [-0.05, 0) is 49.6 Å². The molecular weight excluding hydrogens is 255 g/mol. The Morgan fingerprint density at radius 3 is 2.45 bits per heavy atom. The van der Waals surface area contributed by atoms with Crippen molar-refractivity contribution in [3.8, 4) is 5.75 Å². The zero-order valence-corrected chi connectivity index (χ0v) is 12.0. The van der Waals surface area contributed by atoms with Crippen LogP contribution in [0.1, 0.15) is 35.3 Å². The van der Waals surface area contributed by atoms with Crippen LogP contribution >= 0.6 is 0 Å². The van der Waals surface area contributed by atoms with Crippen LogP contribution in [0.15, 0.2) is 36.4 Å². The number of benzene rings is 2. The molecule has 2 aromatic carbocycles. The predicted octanol–water partition coefficient (Wildman–Crippen LogP) is 4.07. The molecule has 0 aliphatic heterocycles. The van der Waals surface area contributed by atoms with Gasteiger partial charge in [0.1, 0.15) is 18.2 Å². The summed E-state index contributed by atoms with van der Waals surface area (Å²) in [5, 5.41) is 9.38. The van der Waals surface area contributed by atoms with Crippen LogP contribution in [0.25, 0.3) is 0 Å². The lowest BCUT2D eigenvalue weighted by Crippen LogP contribution is -1.99. The van der Waals surface area contributed by atoms with Gasteiger partial charge in [-0.1, -0.05) is 18.2 Å². The maximum Gasteiger partial charge on any atom is 0.132 e. The number of hydrogen-bond donors (Lipinski definition) is 1. The molecular formula is C17H19FO2. The molecule has 0 saturated heterocycles. The van der Waals surface area contributed by atoms with Gasteiger partial charge in [-0.25, -0.2) is 4.39 Å². The topological polar surface area (TPSA) is 29.5 Å². The normalized spacial score (nSPS) is 12.2.